The molecule has 1 aliphatic heterocycles. The van der Waals surface area contributed by atoms with Crippen molar-refractivity contribution in [3.8, 4) is 0 Å². The first-order valence-electron chi connectivity index (χ1n) is 9.57. The molecule has 0 spiro atoms. The van der Waals surface area contributed by atoms with E-state index in [-0.39, 0.29) is 25.1 Å². The number of carbonyl (C=O) groups excluding carboxylic acids is 1. The largest absolute Gasteiger partial charge is 0.416 e. The number of aromatic nitrogens is 1. The van der Waals surface area contributed by atoms with Crippen LogP contribution in [0.5, 0.6) is 0 Å². The van der Waals surface area contributed by atoms with E-state index in [1.54, 1.807) is 24.3 Å². The maximum Gasteiger partial charge on any atom is 0.416 e. The monoisotopic (exact) mass is 435 g/mol. The van der Waals surface area contributed by atoms with Crippen LogP contribution in [0.2, 0.25) is 0 Å². The first kappa shape index (κ1) is 20.6. The Morgan fingerprint density at radius 1 is 1.27 bits per heavy atom. The third-order valence-corrected chi connectivity index (χ3v) is 6.24. The first-order valence-corrected chi connectivity index (χ1v) is 10.4. The minimum absolute atomic E-state index is 0.000683. The van der Waals surface area contributed by atoms with Gasteiger partial charge in [0.15, 0.2) is 5.13 Å². The maximum absolute atomic E-state index is 12.8. The van der Waals surface area contributed by atoms with Gasteiger partial charge in [0.2, 0.25) is 0 Å². The Balaban J connectivity index is 1.47. The summed E-state index contributed by atoms with van der Waals surface area (Å²) in [5, 5.41) is 13.0. The van der Waals surface area contributed by atoms with E-state index in [1.807, 2.05) is 0 Å². The van der Waals surface area contributed by atoms with Crippen LogP contribution in [0, 0.1) is 0 Å². The molecule has 1 amide bonds. The van der Waals surface area contributed by atoms with Gasteiger partial charge in [-0.05, 0) is 48.7 Å². The van der Waals surface area contributed by atoms with Gasteiger partial charge in [-0.2, -0.15) is 13.2 Å². The number of rotatable bonds is 5. The van der Waals surface area contributed by atoms with Gasteiger partial charge in [0.25, 0.3) is 5.91 Å². The van der Waals surface area contributed by atoms with E-state index in [9.17, 15) is 23.1 Å². The summed E-state index contributed by atoms with van der Waals surface area (Å²) in [4.78, 5) is 19.2. The zero-order valence-electron chi connectivity index (χ0n) is 15.9. The van der Waals surface area contributed by atoms with Crippen LogP contribution in [0.3, 0.4) is 0 Å². The lowest BCUT2D eigenvalue weighted by Crippen LogP contribution is -2.31. The van der Waals surface area contributed by atoms with Crippen LogP contribution < -0.4 is 10.2 Å². The molecule has 5 nitrogen and oxygen atoms in total. The van der Waals surface area contributed by atoms with E-state index < -0.39 is 11.7 Å². The van der Waals surface area contributed by atoms with Crippen molar-refractivity contribution in [1.29, 1.82) is 0 Å². The summed E-state index contributed by atoms with van der Waals surface area (Å²) < 4.78 is 39.3. The van der Waals surface area contributed by atoms with E-state index in [0.29, 0.717) is 11.1 Å². The third kappa shape index (κ3) is 4.27. The van der Waals surface area contributed by atoms with Crippen LogP contribution in [0.4, 0.5) is 18.3 Å². The molecule has 3 aromatic rings. The zero-order chi connectivity index (χ0) is 21.3. The number of fused-ring (bicyclic) bond motifs is 1. The molecule has 1 aromatic heterocycles. The number of hydrogen-bond acceptors (Lipinski definition) is 5. The summed E-state index contributed by atoms with van der Waals surface area (Å²) in [6, 6.07) is 10.1. The fourth-order valence-corrected chi connectivity index (χ4v) is 4.70. The number of aliphatic hydroxyl groups is 1. The first-order chi connectivity index (χ1) is 14.3. The zero-order valence-corrected chi connectivity index (χ0v) is 16.8. The van der Waals surface area contributed by atoms with Crippen LogP contribution in [0.1, 0.15) is 34.3 Å². The van der Waals surface area contributed by atoms with Crippen molar-refractivity contribution in [2.45, 2.75) is 31.6 Å². The second kappa shape index (κ2) is 8.23. The van der Waals surface area contributed by atoms with Crippen LogP contribution in [0.25, 0.3) is 10.2 Å². The van der Waals surface area contributed by atoms with Gasteiger partial charge in [0.05, 0.1) is 28.4 Å². The number of halogens is 3. The summed E-state index contributed by atoms with van der Waals surface area (Å²) in [5.74, 6) is -0.362. The van der Waals surface area contributed by atoms with E-state index >= 15 is 0 Å². The Morgan fingerprint density at radius 3 is 2.87 bits per heavy atom. The highest BCUT2D eigenvalue weighted by Crippen LogP contribution is 2.34. The van der Waals surface area contributed by atoms with E-state index in [4.69, 9.17) is 0 Å². The molecule has 9 heteroatoms. The summed E-state index contributed by atoms with van der Waals surface area (Å²) in [7, 11) is 0. The molecule has 0 saturated carbocycles. The van der Waals surface area contributed by atoms with Crippen molar-refractivity contribution in [3.63, 3.8) is 0 Å². The van der Waals surface area contributed by atoms with Crippen LogP contribution >= 0.6 is 11.3 Å². The average molecular weight is 435 g/mol. The number of carbonyl (C=O) groups is 1. The Hall–Kier alpha value is -2.65. The van der Waals surface area contributed by atoms with Crippen molar-refractivity contribution in [3.05, 3.63) is 59.2 Å². The highest BCUT2D eigenvalue weighted by atomic mass is 32.1. The second-order valence-corrected chi connectivity index (χ2v) is 8.24. The molecule has 1 saturated heterocycles. The number of thiazole rings is 1. The number of anilines is 1. The lowest BCUT2D eigenvalue weighted by atomic mass is 10.1. The summed E-state index contributed by atoms with van der Waals surface area (Å²) in [5.41, 5.74) is 0.831. The molecule has 2 aromatic carbocycles. The van der Waals surface area contributed by atoms with Gasteiger partial charge in [0, 0.05) is 18.7 Å². The van der Waals surface area contributed by atoms with Crippen LogP contribution in [-0.4, -0.2) is 35.2 Å². The molecule has 4 rings (SSSR count). The van der Waals surface area contributed by atoms with Crippen molar-refractivity contribution in [1.82, 2.24) is 10.3 Å². The number of hydrogen-bond donors (Lipinski definition) is 2. The summed E-state index contributed by atoms with van der Waals surface area (Å²) in [6.07, 6.45) is -2.49. The predicted octanol–water partition coefficient (Wildman–Crippen LogP) is 4.21. The van der Waals surface area contributed by atoms with Crippen LogP contribution in [-0.2, 0) is 12.7 Å². The Morgan fingerprint density at radius 2 is 2.10 bits per heavy atom. The molecule has 158 valence electrons. The van der Waals surface area contributed by atoms with Gasteiger partial charge in [-0.3, -0.25) is 4.79 Å². The van der Waals surface area contributed by atoms with E-state index in [2.05, 4.69) is 15.2 Å². The fourth-order valence-electron chi connectivity index (χ4n) is 3.60. The number of alkyl halides is 3. The molecule has 2 heterocycles. The van der Waals surface area contributed by atoms with Gasteiger partial charge in [-0.25, -0.2) is 4.98 Å². The maximum atomic E-state index is 12.8. The van der Waals surface area contributed by atoms with Gasteiger partial charge >= 0.3 is 6.18 Å². The molecule has 0 aliphatic carbocycles. The fraction of sp³-hybridized carbons (Fsp3) is 0.333. The van der Waals surface area contributed by atoms with Gasteiger partial charge in [-0.15, -0.1) is 0 Å². The topological polar surface area (TPSA) is 65.5 Å². The highest BCUT2D eigenvalue weighted by molar-refractivity contribution is 7.22. The second-order valence-electron chi connectivity index (χ2n) is 7.23. The quantitative estimate of drug-likeness (QED) is 0.630. The molecular formula is C21H20F3N3O2S. The Kier molecular flexibility index (Phi) is 5.66. The lowest BCUT2D eigenvalue weighted by Gasteiger charge is -2.21. The molecule has 1 unspecified atom stereocenters. The van der Waals surface area contributed by atoms with Crippen molar-refractivity contribution < 1.29 is 23.1 Å². The number of amides is 1. The van der Waals surface area contributed by atoms with Gasteiger partial charge in [0.1, 0.15) is 0 Å². The average Bonchev–Trinajstić information content (AvgIpc) is 3.37. The molecule has 1 aliphatic rings. The van der Waals surface area contributed by atoms with Gasteiger partial charge in [-0.1, -0.05) is 23.5 Å². The number of nitrogens with one attached hydrogen (secondary N) is 1. The molecule has 1 fully saturated rings. The smallest absolute Gasteiger partial charge is 0.394 e. The summed E-state index contributed by atoms with van der Waals surface area (Å²) >= 11 is 1.46. The lowest BCUT2D eigenvalue weighted by molar-refractivity contribution is -0.137. The minimum Gasteiger partial charge on any atom is -0.394 e. The minimum atomic E-state index is -4.42. The van der Waals surface area contributed by atoms with Crippen molar-refractivity contribution in [2.24, 2.45) is 0 Å². The normalized spacial score (nSPS) is 16.9. The molecule has 30 heavy (non-hydrogen) atoms. The van der Waals surface area contributed by atoms with Crippen molar-refractivity contribution >= 4 is 32.6 Å². The standard InChI is InChI=1S/C21H20F3N3O2S/c22-21(23,24)15-4-1-3-13(9-15)11-25-19(29)14-6-7-17-18(10-14)30-20(26-17)27-8-2-5-16(27)12-28/h1,3-4,6-7,9-10,16,28H,2,5,8,11-12H2,(H,25,29). The van der Waals surface area contributed by atoms with Crippen molar-refractivity contribution in [2.75, 3.05) is 18.1 Å². The van der Waals surface area contributed by atoms with E-state index in [1.165, 1.54) is 17.4 Å². The summed E-state index contributed by atoms with van der Waals surface area (Å²) in [6.45, 7) is 0.926. The molecule has 0 radical (unpaired) electrons. The van der Waals surface area contributed by atoms with Gasteiger partial charge < -0.3 is 15.3 Å². The molecule has 2 N–H and O–H groups in total. The van der Waals surface area contributed by atoms with E-state index in [0.717, 1.165) is 46.9 Å². The third-order valence-electron chi connectivity index (χ3n) is 5.18. The highest BCUT2D eigenvalue weighted by Gasteiger charge is 2.30. The molecule has 0 bridgehead atoms. The number of nitrogens with zero attached hydrogens (tertiary/aromatic N) is 2. The SMILES string of the molecule is O=C(NCc1cccc(C(F)(F)F)c1)c1ccc2nc(N3CCCC3CO)sc2c1. The number of aliphatic hydroxyl groups excluding tert-OH is 1. The molecular weight excluding hydrogens is 415 g/mol. The van der Waals surface area contributed by atoms with Crippen LogP contribution in [0.15, 0.2) is 42.5 Å². The number of benzene rings is 2. The predicted molar refractivity (Wildman–Crippen MR) is 110 cm³/mol. The Bertz CT molecular complexity index is 1070. The Labute approximate surface area is 175 Å². The molecule has 1 atom stereocenters.